The van der Waals surface area contributed by atoms with E-state index >= 15 is 0 Å². The van der Waals surface area contributed by atoms with Crippen molar-refractivity contribution < 1.29 is 5.11 Å². The first kappa shape index (κ1) is 20.9. The van der Waals surface area contributed by atoms with Crippen molar-refractivity contribution in [2.75, 3.05) is 26.2 Å². The number of rotatable bonds is 18. The number of unbranched alkanes of at least 4 members (excludes halogenated alkanes) is 12. The lowest BCUT2D eigenvalue weighted by Crippen LogP contribution is -2.16. The predicted octanol–water partition coefficient (Wildman–Crippen LogP) is 3.99. The first-order chi connectivity index (χ1) is 10.4. The number of aliphatic hydroxyl groups excluding tert-OH is 1. The second-order valence-electron chi connectivity index (χ2n) is 6.21. The van der Waals surface area contributed by atoms with Crippen LogP contribution >= 0.6 is 0 Å². The average Bonchev–Trinajstić information content (AvgIpc) is 2.50. The van der Waals surface area contributed by atoms with Crippen molar-refractivity contribution in [2.45, 2.75) is 89.9 Å². The first-order valence-electron chi connectivity index (χ1n) is 9.43. The van der Waals surface area contributed by atoms with Gasteiger partial charge in [0.25, 0.3) is 0 Å². The Hall–Kier alpha value is -0.120. The minimum absolute atomic E-state index is 0.359. The fraction of sp³-hybridized carbons (Fsp3) is 1.00. The van der Waals surface area contributed by atoms with E-state index in [2.05, 4.69) is 5.32 Å². The van der Waals surface area contributed by atoms with Crippen LogP contribution in [0.1, 0.15) is 89.9 Å². The molecule has 0 radical (unpaired) electrons. The van der Waals surface area contributed by atoms with E-state index in [-0.39, 0.29) is 0 Å². The lowest BCUT2D eigenvalue weighted by atomic mass is 10.1. The van der Waals surface area contributed by atoms with Gasteiger partial charge in [-0.3, -0.25) is 0 Å². The fourth-order valence-electron chi connectivity index (χ4n) is 2.65. The van der Waals surface area contributed by atoms with Crippen LogP contribution in [0.5, 0.6) is 0 Å². The normalized spacial score (nSPS) is 11.1. The molecule has 128 valence electrons. The molecule has 0 aliphatic carbocycles. The summed E-state index contributed by atoms with van der Waals surface area (Å²) in [7, 11) is 0. The molecule has 0 amide bonds. The van der Waals surface area contributed by atoms with E-state index in [1.807, 2.05) is 0 Å². The molecule has 0 aliphatic heterocycles. The molecule has 0 bridgehead atoms. The van der Waals surface area contributed by atoms with Crippen LogP contribution in [0.15, 0.2) is 0 Å². The van der Waals surface area contributed by atoms with Crippen molar-refractivity contribution in [2.24, 2.45) is 5.73 Å². The molecule has 3 heteroatoms. The SMILES string of the molecule is NCCCCCCCCCNCCCCCCCCCO. The molecule has 0 rings (SSSR count). The molecule has 0 spiro atoms. The summed E-state index contributed by atoms with van der Waals surface area (Å²) in [5.74, 6) is 0. The Morgan fingerprint density at radius 1 is 0.524 bits per heavy atom. The van der Waals surface area contributed by atoms with E-state index in [1.54, 1.807) is 0 Å². The lowest BCUT2D eigenvalue weighted by Gasteiger charge is -2.05. The Balaban J connectivity index is 2.90. The topological polar surface area (TPSA) is 58.3 Å². The van der Waals surface area contributed by atoms with Gasteiger partial charge in [0.05, 0.1) is 0 Å². The fourth-order valence-corrected chi connectivity index (χ4v) is 2.65. The Labute approximate surface area is 133 Å². The smallest absolute Gasteiger partial charge is 0.0431 e. The molecule has 0 atom stereocenters. The summed E-state index contributed by atoms with van der Waals surface area (Å²) in [4.78, 5) is 0. The van der Waals surface area contributed by atoms with Gasteiger partial charge in [-0.15, -0.1) is 0 Å². The molecule has 0 unspecified atom stereocenters. The van der Waals surface area contributed by atoms with Gasteiger partial charge in [0, 0.05) is 6.61 Å². The van der Waals surface area contributed by atoms with E-state index < -0.39 is 0 Å². The zero-order chi connectivity index (χ0) is 15.4. The number of nitrogens with one attached hydrogen (secondary N) is 1. The molecule has 21 heavy (non-hydrogen) atoms. The van der Waals surface area contributed by atoms with Crippen molar-refractivity contribution in [1.82, 2.24) is 5.32 Å². The van der Waals surface area contributed by atoms with Crippen LogP contribution in [0.3, 0.4) is 0 Å². The minimum atomic E-state index is 0.359. The Morgan fingerprint density at radius 2 is 0.905 bits per heavy atom. The molecule has 0 saturated carbocycles. The summed E-state index contributed by atoms with van der Waals surface area (Å²) < 4.78 is 0. The molecule has 0 heterocycles. The summed E-state index contributed by atoms with van der Waals surface area (Å²) in [5.41, 5.74) is 5.48. The molecular weight excluding hydrogens is 260 g/mol. The zero-order valence-electron chi connectivity index (χ0n) is 14.3. The zero-order valence-corrected chi connectivity index (χ0v) is 14.3. The maximum atomic E-state index is 8.68. The lowest BCUT2D eigenvalue weighted by molar-refractivity contribution is 0.282. The van der Waals surface area contributed by atoms with Crippen molar-refractivity contribution in [1.29, 1.82) is 0 Å². The average molecular weight is 301 g/mol. The monoisotopic (exact) mass is 300 g/mol. The Bertz CT molecular complexity index is 159. The van der Waals surface area contributed by atoms with Crippen molar-refractivity contribution in [3.63, 3.8) is 0 Å². The summed E-state index contributed by atoms with van der Waals surface area (Å²) in [6.45, 7) is 3.59. The molecule has 0 saturated heterocycles. The van der Waals surface area contributed by atoms with Gasteiger partial charge in [0.2, 0.25) is 0 Å². The summed E-state index contributed by atoms with van der Waals surface area (Å²) in [5, 5.41) is 12.2. The maximum Gasteiger partial charge on any atom is 0.0431 e. The van der Waals surface area contributed by atoms with Gasteiger partial charge in [-0.2, -0.15) is 0 Å². The number of hydrogen-bond acceptors (Lipinski definition) is 3. The molecule has 3 nitrogen and oxygen atoms in total. The third kappa shape index (κ3) is 19.9. The molecule has 0 aromatic carbocycles. The largest absolute Gasteiger partial charge is 0.396 e. The van der Waals surface area contributed by atoms with Crippen LogP contribution in [0, 0.1) is 0 Å². The second-order valence-corrected chi connectivity index (χ2v) is 6.21. The standard InChI is InChI=1S/C18H40N2O/c19-15-11-7-3-1-4-8-12-16-20-17-13-9-5-2-6-10-14-18-21/h20-21H,1-19H2. The van der Waals surface area contributed by atoms with Gasteiger partial charge in [-0.25, -0.2) is 0 Å². The molecule has 0 fully saturated rings. The number of hydrogen-bond donors (Lipinski definition) is 3. The van der Waals surface area contributed by atoms with Crippen LogP contribution in [0.25, 0.3) is 0 Å². The second kappa shape index (κ2) is 19.9. The predicted molar refractivity (Wildman–Crippen MR) is 93.6 cm³/mol. The van der Waals surface area contributed by atoms with E-state index in [0.29, 0.717) is 6.61 Å². The Kier molecular flexibility index (Phi) is 19.8. The van der Waals surface area contributed by atoms with Crippen LogP contribution < -0.4 is 11.1 Å². The third-order valence-electron chi connectivity index (χ3n) is 4.07. The molecule has 4 N–H and O–H groups in total. The summed E-state index contributed by atoms with van der Waals surface area (Å²) in [6, 6.07) is 0. The van der Waals surface area contributed by atoms with E-state index in [1.165, 1.54) is 96.6 Å². The van der Waals surface area contributed by atoms with Gasteiger partial charge in [-0.05, 0) is 45.3 Å². The van der Waals surface area contributed by atoms with Gasteiger partial charge < -0.3 is 16.2 Å². The van der Waals surface area contributed by atoms with Crippen LogP contribution in [0.2, 0.25) is 0 Å². The third-order valence-corrected chi connectivity index (χ3v) is 4.07. The van der Waals surface area contributed by atoms with Gasteiger partial charge >= 0.3 is 0 Å². The van der Waals surface area contributed by atoms with Crippen LogP contribution in [-0.2, 0) is 0 Å². The highest BCUT2D eigenvalue weighted by Gasteiger charge is 1.93. The quantitative estimate of drug-likeness (QED) is 0.335. The van der Waals surface area contributed by atoms with E-state index in [0.717, 1.165) is 13.0 Å². The van der Waals surface area contributed by atoms with Crippen molar-refractivity contribution in [3.05, 3.63) is 0 Å². The highest BCUT2D eigenvalue weighted by atomic mass is 16.2. The van der Waals surface area contributed by atoms with E-state index in [4.69, 9.17) is 10.8 Å². The molecule has 0 aromatic rings. The molecular formula is C18H40N2O. The highest BCUT2D eigenvalue weighted by molar-refractivity contribution is 4.52. The van der Waals surface area contributed by atoms with Crippen molar-refractivity contribution >= 4 is 0 Å². The van der Waals surface area contributed by atoms with Gasteiger partial charge in [0.15, 0.2) is 0 Å². The van der Waals surface area contributed by atoms with E-state index in [9.17, 15) is 0 Å². The molecule has 0 aromatic heterocycles. The molecule has 0 aliphatic rings. The highest BCUT2D eigenvalue weighted by Crippen LogP contribution is 2.07. The number of nitrogens with two attached hydrogens (primary N) is 1. The Morgan fingerprint density at radius 3 is 1.33 bits per heavy atom. The van der Waals surface area contributed by atoms with Gasteiger partial charge in [-0.1, -0.05) is 64.2 Å². The minimum Gasteiger partial charge on any atom is -0.396 e. The maximum absolute atomic E-state index is 8.68. The summed E-state index contributed by atoms with van der Waals surface area (Å²) in [6.07, 6.45) is 18.2. The van der Waals surface area contributed by atoms with Crippen LogP contribution in [0.4, 0.5) is 0 Å². The van der Waals surface area contributed by atoms with Gasteiger partial charge in [0.1, 0.15) is 0 Å². The van der Waals surface area contributed by atoms with Crippen molar-refractivity contribution in [3.8, 4) is 0 Å². The first-order valence-corrected chi connectivity index (χ1v) is 9.43. The number of aliphatic hydroxyl groups is 1. The summed E-state index contributed by atoms with van der Waals surface area (Å²) >= 11 is 0. The van der Waals surface area contributed by atoms with Crippen LogP contribution in [-0.4, -0.2) is 31.3 Å².